The first-order chi connectivity index (χ1) is 8.45. The van der Waals surface area contributed by atoms with E-state index in [1.807, 2.05) is 0 Å². The Morgan fingerprint density at radius 2 is 1.95 bits per heavy atom. The van der Waals surface area contributed by atoms with Crippen molar-refractivity contribution in [1.82, 2.24) is 4.31 Å². The quantitative estimate of drug-likeness (QED) is 0.797. The summed E-state index contributed by atoms with van der Waals surface area (Å²) in [6, 6.07) is 0.600. The van der Waals surface area contributed by atoms with Gasteiger partial charge >= 0.3 is 6.18 Å². The van der Waals surface area contributed by atoms with Crippen LogP contribution in [0, 0.1) is 6.92 Å². The van der Waals surface area contributed by atoms with E-state index in [4.69, 9.17) is 0 Å². The van der Waals surface area contributed by atoms with Gasteiger partial charge in [-0.1, -0.05) is 0 Å². The van der Waals surface area contributed by atoms with Gasteiger partial charge in [0, 0.05) is 6.04 Å². The first-order valence-corrected chi connectivity index (χ1v) is 8.34. The number of aryl methyl sites for hydroxylation is 1. The number of hydrogen-bond acceptors (Lipinski definition) is 3. The molecule has 3 nitrogen and oxygen atoms in total. The molecule has 0 N–H and O–H groups in total. The van der Waals surface area contributed by atoms with Crippen LogP contribution in [0.3, 0.4) is 0 Å². The fourth-order valence-electron chi connectivity index (χ4n) is 1.40. The molecule has 1 aromatic rings. The Morgan fingerprint density at radius 3 is 2.26 bits per heavy atom. The molecule has 0 atom stereocenters. The van der Waals surface area contributed by atoms with E-state index in [0.717, 1.165) is 11.3 Å². The number of nitrogens with zero attached hydrogens (tertiary/aromatic N) is 1. The van der Waals surface area contributed by atoms with Gasteiger partial charge in [0.2, 0.25) is 0 Å². The molecule has 0 saturated heterocycles. The number of sulfonamides is 1. The molecule has 19 heavy (non-hydrogen) atoms. The standard InChI is InChI=1S/C10H13BrF3NO2S2/c1-6(2)15(5-10(12,13)14)19(16,17)8-4-7(3)9(11)18-8/h4,6H,5H2,1-3H3. The van der Waals surface area contributed by atoms with Crippen LogP contribution in [0.25, 0.3) is 0 Å². The molecule has 1 aromatic heterocycles. The molecular weight excluding hydrogens is 367 g/mol. The zero-order valence-electron chi connectivity index (χ0n) is 10.5. The van der Waals surface area contributed by atoms with E-state index in [-0.39, 0.29) is 4.21 Å². The lowest BCUT2D eigenvalue weighted by Gasteiger charge is -2.26. The maximum absolute atomic E-state index is 12.5. The molecule has 110 valence electrons. The highest BCUT2D eigenvalue weighted by molar-refractivity contribution is 9.11. The monoisotopic (exact) mass is 379 g/mol. The predicted molar refractivity (Wildman–Crippen MR) is 71.8 cm³/mol. The number of halogens is 4. The van der Waals surface area contributed by atoms with E-state index in [1.54, 1.807) is 6.92 Å². The van der Waals surface area contributed by atoms with Gasteiger partial charge in [-0.2, -0.15) is 17.5 Å². The summed E-state index contributed by atoms with van der Waals surface area (Å²) in [5, 5.41) is 0. The summed E-state index contributed by atoms with van der Waals surface area (Å²) in [6.45, 7) is 3.03. The molecular formula is C10H13BrF3NO2S2. The van der Waals surface area contributed by atoms with Gasteiger partial charge in [0.05, 0.1) is 3.79 Å². The molecule has 0 aromatic carbocycles. The second-order valence-electron chi connectivity index (χ2n) is 4.28. The van der Waals surface area contributed by atoms with E-state index >= 15 is 0 Å². The van der Waals surface area contributed by atoms with Crippen molar-refractivity contribution in [1.29, 1.82) is 0 Å². The Labute approximate surface area is 122 Å². The summed E-state index contributed by atoms with van der Waals surface area (Å²) in [5.74, 6) is 0. The highest BCUT2D eigenvalue weighted by Crippen LogP contribution is 2.34. The van der Waals surface area contributed by atoms with Crippen molar-refractivity contribution in [3.63, 3.8) is 0 Å². The lowest BCUT2D eigenvalue weighted by molar-refractivity contribution is -0.138. The molecule has 1 heterocycles. The van der Waals surface area contributed by atoms with Crippen molar-refractivity contribution < 1.29 is 21.6 Å². The topological polar surface area (TPSA) is 37.4 Å². The molecule has 0 aliphatic rings. The molecule has 0 amide bonds. The number of thiophene rings is 1. The summed E-state index contributed by atoms with van der Waals surface area (Å²) in [4.78, 5) is 0. The van der Waals surface area contributed by atoms with Crippen LogP contribution >= 0.6 is 27.3 Å². The normalized spacial score (nSPS) is 13.5. The molecule has 0 aliphatic heterocycles. The van der Waals surface area contributed by atoms with Gasteiger partial charge in [-0.3, -0.25) is 0 Å². The third kappa shape index (κ3) is 4.17. The van der Waals surface area contributed by atoms with Crippen LogP contribution in [-0.4, -0.2) is 31.5 Å². The minimum absolute atomic E-state index is 0.0881. The number of rotatable bonds is 4. The Bertz CT molecular complexity index is 532. The summed E-state index contributed by atoms with van der Waals surface area (Å²) in [7, 11) is -4.13. The minimum Gasteiger partial charge on any atom is -0.206 e. The van der Waals surface area contributed by atoms with E-state index < -0.39 is 28.8 Å². The SMILES string of the molecule is Cc1cc(S(=O)(=O)N(CC(F)(F)F)C(C)C)sc1Br. The summed E-state index contributed by atoms with van der Waals surface area (Å²) in [5.41, 5.74) is 0.680. The highest BCUT2D eigenvalue weighted by Gasteiger charge is 2.39. The van der Waals surface area contributed by atoms with Crippen LogP contribution < -0.4 is 0 Å². The average molecular weight is 380 g/mol. The first kappa shape index (κ1) is 16.9. The van der Waals surface area contributed by atoms with Crippen molar-refractivity contribution in [3.05, 3.63) is 15.4 Å². The Hall–Kier alpha value is -0.120. The van der Waals surface area contributed by atoms with Crippen LogP contribution in [0.15, 0.2) is 14.1 Å². The van der Waals surface area contributed by atoms with E-state index in [0.29, 0.717) is 13.7 Å². The van der Waals surface area contributed by atoms with Gasteiger partial charge in [-0.25, -0.2) is 8.42 Å². The first-order valence-electron chi connectivity index (χ1n) is 5.29. The van der Waals surface area contributed by atoms with Gasteiger partial charge in [-0.15, -0.1) is 11.3 Å². The van der Waals surface area contributed by atoms with Crippen LogP contribution in [0.5, 0.6) is 0 Å². The smallest absolute Gasteiger partial charge is 0.206 e. The van der Waals surface area contributed by atoms with E-state index in [1.165, 1.54) is 19.9 Å². The van der Waals surface area contributed by atoms with Gasteiger partial charge in [0.25, 0.3) is 10.0 Å². The van der Waals surface area contributed by atoms with Gasteiger partial charge in [0.1, 0.15) is 10.8 Å². The zero-order valence-corrected chi connectivity index (χ0v) is 13.7. The van der Waals surface area contributed by atoms with Crippen LogP contribution in [0.2, 0.25) is 0 Å². The predicted octanol–water partition coefficient (Wildman–Crippen LogP) is 3.78. The van der Waals surface area contributed by atoms with Crippen molar-refractivity contribution in [2.45, 2.75) is 37.2 Å². The molecule has 0 radical (unpaired) electrons. The van der Waals surface area contributed by atoms with Gasteiger partial charge in [0.15, 0.2) is 0 Å². The van der Waals surface area contributed by atoms with Gasteiger partial charge in [-0.05, 0) is 48.3 Å². The third-order valence-corrected chi connectivity index (χ3v) is 6.92. The lowest BCUT2D eigenvalue weighted by Crippen LogP contribution is -2.42. The van der Waals surface area contributed by atoms with E-state index in [9.17, 15) is 21.6 Å². The molecule has 0 saturated carbocycles. The van der Waals surface area contributed by atoms with Crippen molar-refractivity contribution in [2.24, 2.45) is 0 Å². The maximum Gasteiger partial charge on any atom is 0.402 e. The minimum atomic E-state index is -4.57. The molecule has 0 aliphatic carbocycles. The molecule has 0 spiro atoms. The number of alkyl halides is 3. The summed E-state index contributed by atoms with van der Waals surface area (Å²) < 4.78 is 62.9. The van der Waals surface area contributed by atoms with Crippen LogP contribution in [-0.2, 0) is 10.0 Å². The summed E-state index contributed by atoms with van der Waals surface area (Å²) in [6.07, 6.45) is -4.57. The lowest BCUT2D eigenvalue weighted by atomic mass is 10.4. The molecule has 1 rings (SSSR count). The molecule has 0 bridgehead atoms. The van der Waals surface area contributed by atoms with Crippen molar-refractivity contribution in [3.8, 4) is 0 Å². The second kappa shape index (κ2) is 5.71. The Balaban J connectivity index is 3.21. The largest absolute Gasteiger partial charge is 0.402 e. The van der Waals surface area contributed by atoms with Crippen molar-refractivity contribution >= 4 is 37.3 Å². The van der Waals surface area contributed by atoms with Crippen LogP contribution in [0.1, 0.15) is 19.4 Å². The molecule has 0 unspecified atom stereocenters. The number of hydrogen-bond donors (Lipinski definition) is 0. The van der Waals surface area contributed by atoms with Crippen LogP contribution in [0.4, 0.5) is 13.2 Å². The Morgan fingerprint density at radius 1 is 1.42 bits per heavy atom. The zero-order chi connectivity index (χ0) is 15.0. The average Bonchev–Trinajstić information content (AvgIpc) is 2.55. The summed E-state index contributed by atoms with van der Waals surface area (Å²) >= 11 is 4.08. The van der Waals surface area contributed by atoms with Gasteiger partial charge < -0.3 is 0 Å². The van der Waals surface area contributed by atoms with E-state index in [2.05, 4.69) is 15.9 Å². The fraction of sp³-hybridized carbons (Fsp3) is 0.600. The highest BCUT2D eigenvalue weighted by atomic mass is 79.9. The fourth-order valence-corrected chi connectivity index (χ4v) is 5.37. The molecule has 0 fully saturated rings. The van der Waals surface area contributed by atoms with Crippen molar-refractivity contribution in [2.75, 3.05) is 6.54 Å². The molecule has 9 heteroatoms. The second-order valence-corrected chi connectivity index (χ2v) is 8.77. The Kier molecular flexibility index (Phi) is 5.09. The maximum atomic E-state index is 12.5. The third-order valence-electron chi connectivity index (χ3n) is 2.31.